The zero-order valence-electron chi connectivity index (χ0n) is 13.9. The molecule has 24 heavy (non-hydrogen) atoms. The molecule has 0 aromatic heterocycles. The third kappa shape index (κ3) is 6.88. The van der Waals surface area contributed by atoms with Crippen LogP contribution in [0.25, 0.3) is 11.1 Å². The average Bonchev–Trinajstić information content (AvgIpc) is 3.18. The van der Waals surface area contributed by atoms with Gasteiger partial charge in [0.05, 0.1) is 0 Å². The van der Waals surface area contributed by atoms with E-state index in [1.165, 1.54) is 25.5 Å². The predicted octanol–water partition coefficient (Wildman–Crippen LogP) is -0.783. The Kier molecular flexibility index (Phi) is 11.1. The predicted molar refractivity (Wildman–Crippen MR) is 91.9 cm³/mol. The van der Waals surface area contributed by atoms with E-state index in [2.05, 4.69) is 56.3 Å². The van der Waals surface area contributed by atoms with Gasteiger partial charge in [-0.05, 0) is 6.42 Å². The molecular weight excluding hydrogens is 381 g/mol. The number of hydrogen-bond acceptors (Lipinski definition) is 0. The Morgan fingerprint density at radius 2 is 1.50 bits per heavy atom. The quantitative estimate of drug-likeness (QED) is 0.339. The SMILES string of the molecule is C[C](C)=[Zr+2].[F-].[F-].[c-]1cccc2c1Cc1ccccc1-2.c1cc[cH-]c1. The first-order valence-electron chi connectivity index (χ1n) is 7.45. The Morgan fingerprint density at radius 1 is 0.917 bits per heavy atom. The van der Waals surface area contributed by atoms with Gasteiger partial charge >= 0.3 is 41.3 Å². The second kappa shape index (κ2) is 11.9. The fraction of sp³-hybridized carbons (Fsp3) is 0.143. The molecule has 0 fully saturated rings. The van der Waals surface area contributed by atoms with Crippen LogP contribution in [-0.4, -0.2) is 3.21 Å². The van der Waals surface area contributed by atoms with Crippen molar-refractivity contribution in [3.8, 4) is 11.1 Å². The molecule has 124 valence electrons. The van der Waals surface area contributed by atoms with Crippen LogP contribution in [0.3, 0.4) is 0 Å². The van der Waals surface area contributed by atoms with Crippen molar-refractivity contribution in [1.82, 2.24) is 0 Å². The number of fused-ring (bicyclic) bond motifs is 3. The molecule has 3 heteroatoms. The summed E-state index contributed by atoms with van der Waals surface area (Å²) in [7, 11) is 0. The molecule has 0 unspecified atom stereocenters. The van der Waals surface area contributed by atoms with Crippen LogP contribution in [0.5, 0.6) is 0 Å². The number of benzene rings is 2. The van der Waals surface area contributed by atoms with Crippen LogP contribution >= 0.6 is 0 Å². The summed E-state index contributed by atoms with van der Waals surface area (Å²) in [4.78, 5) is 0. The van der Waals surface area contributed by atoms with Gasteiger partial charge in [0, 0.05) is 0 Å². The Hall–Kier alpha value is -1.60. The van der Waals surface area contributed by atoms with E-state index in [9.17, 15) is 0 Å². The van der Waals surface area contributed by atoms with Gasteiger partial charge < -0.3 is 9.41 Å². The molecule has 0 spiro atoms. The molecule has 0 saturated carbocycles. The monoisotopic (exact) mass is 400 g/mol. The fourth-order valence-electron chi connectivity index (χ4n) is 2.32. The molecule has 4 rings (SSSR count). The summed E-state index contributed by atoms with van der Waals surface area (Å²) in [5, 5.41) is 0. The minimum atomic E-state index is 0. The maximum absolute atomic E-state index is 3.30. The second-order valence-electron chi connectivity index (χ2n) is 5.36. The van der Waals surface area contributed by atoms with E-state index in [0.29, 0.717) is 0 Å². The molecule has 3 aromatic carbocycles. The van der Waals surface area contributed by atoms with Gasteiger partial charge in [-0.2, -0.15) is 48.0 Å². The summed E-state index contributed by atoms with van der Waals surface area (Å²) >= 11 is 1.55. The van der Waals surface area contributed by atoms with Gasteiger partial charge in [-0.3, -0.25) is 0 Å². The summed E-state index contributed by atoms with van der Waals surface area (Å²) in [5.74, 6) is 0. The normalized spacial score (nSPS) is 9.50. The second-order valence-corrected chi connectivity index (χ2v) is 7.82. The number of halogens is 2. The van der Waals surface area contributed by atoms with Crippen LogP contribution in [0, 0.1) is 6.07 Å². The Morgan fingerprint density at radius 3 is 2.08 bits per heavy atom. The first-order chi connectivity index (χ1) is 10.7. The molecule has 0 saturated heterocycles. The standard InChI is InChI=1S/C13H9.C5H5.C3H6.2FH.Zr/c1-3-7-12-10(5-1)9-11-6-2-4-8-13(11)12;1-2-4-5-3-1;1-3-2;;;/h1-5,7-8H,9H2;1-5H;1-2H3;2*1H;/q2*-1;;;;+2/p-2. The summed E-state index contributed by atoms with van der Waals surface area (Å²) in [5.41, 5.74) is 5.51. The van der Waals surface area contributed by atoms with Gasteiger partial charge in [0.25, 0.3) is 0 Å². The summed E-state index contributed by atoms with van der Waals surface area (Å²) in [6.45, 7) is 4.25. The Bertz CT molecular complexity index is 653. The fourth-order valence-corrected chi connectivity index (χ4v) is 2.32. The van der Waals surface area contributed by atoms with Crippen molar-refractivity contribution in [2.24, 2.45) is 0 Å². The van der Waals surface area contributed by atoms with Crippen LogP contribution in [0.1, 0.15) is 25.0 Å². The van der Waals surface area contributed by atoms with E-state index in [4.69, 9.17) is 0 Å². The van der Waals surface area contributed by atoms with Crippen molar-refractivity contribution in [3.63, 3.8) is 0 Å². The van der Waals surface area contributed by atoms with Crippen LogP contribution in [0.15, 0.2) is 72.8 Å². The van der Waals surface area contributed by atoms with Crippen LogP contribution in [0.2, 0.25) is 0 Å². The van der Waals surface area contributed by atoms with Gasteiger partial charge in [0.1, 0.15) is 0 Å². The molecule has 3 aromatic rings. The van der Waals surface area contributed by atoms with E-state index in [1.54, 1.807) is 24.2 Å². The third-order valence-electron chi connectivity index (χ3n) is 3.17. The number of hydrogen-bond donors (Lipinski definition) is 0. The maximum atomic E-state index is 3.30. The number of rotatable bonds is 0. The van der Waals surface area contributed by atoms with E-state index >= 15 is 0 Å². The molecule has 0 bridgehead atoms. The summed E-state index contributed by atoms with van der Waals surface area (Å²) in [6, 6.07) is 28.1. The van der Waals surface area contributed by atoms with Gasteiger partial charge in [-0.15, -0.1) is 5.56 Å². The zero-order valence-corrected chi connectivity index (χ0v) is 16.3. The van der Waals surface area contributed by atoms with Gasteiger partial charge in [0.15, 0.2) is 0 Å². The summed E-state index contributed by atoms with van der Waals surface area (Å²) in [6.07, 6.45) is 1.05. The van der Waals surface area contributed by atoms with E-state index in [0.717, 1.165) is 6.42 Å². The van der Waals surface area contributed by atoms with Crippen molar-refractivity contribution in [3.05, 3.63) is 90.0 Å². The largest absolute Gasteiger partial charge is 1.00 e. The molecule has 0 aliphatic heterocycles. The maximum Gasteiger partial charge on any atom is -0.0253 e. The first kappa shape index (κ1) is 22.4. The smallest absolute Gasteiger partial charge is 0.0253 e. The molecule has 0 nitrogen and oxygen atoms in total. The molecule has 1 aliphatic carbocycles. The molecule has 0 N–H and O–H groups in total. The molecule has 0 radical (unpaired) electrons. The minimum Gasteiger partial charge on any atom is -1.00 e. The van der Waals surface area contributed by atoms with Crippen LogP contribution in [-0.2, 0) is 30.7 Å². The van der Waals surface area contributed by atoms with Crippen molar-refractivity contribution in [1.29, 1.82) is 0 Å². The van der Waals surface area contributed by atoms with Gasteiger partial charge in [-0.1, -0.05) is 35.4 Å². The van der Waals surface area contributed by atoms with Crippen molar-refractivity contribution >= 4 is 3.21 Å². The third-order valence-corrected chi connectivity index (χ3v) is 3.17. The molecule has 1 aliphatic rings. The van der Waals surface area contributed by atoms with E-state index in [1.807, 2.05) is 36.4 Å². The van der Waals surface area contributed by atoms with Gasteiger partial charge in [0.2, 0.25) is 0 Å². The topological polar surface area (TPSA) is 0 Å². The molecule has 0 heterocycles. The Balaban J connectivity index is 0.000000409. The van der Waals surface area contributed by atoms with Crippen LogP contribution < -0.4 is 9.41 Å². The molecule has 0 atom stereocenters. The first-order valence-corrected chi connectivity index (χ1v) is 8.67. The molecule has 0 amide bonds. The minimum absolute atomic E-state index is 0. The van der Waals surface area contributed by atoms with Crippen molar-refractivity contribution in [2.45, 2.75) is 20.3 Å². The van der Waals surface area contributed by atoms with E-state index < -0.39 is 0 Å². The van der Waals surface area contributed by atoms with Crippen molar-refractivity contribution in [2.75, 3.05) is 0 Å². The van der Waals surface area contributed by atoms with Crippen molar-refractivity contribution < 1.29 is 33.6 Å². The molecular formula is C21H20F2Zr-2. The average molecular weight is 402 g/mol. The zero-order chi connectivity index (χ0) is 15.8. The van der Waals surface area contributed by atoms with Gasteiger partial charge in [-0.25, -0.2) is 12.1 Å². The Labute approximate surface area is 158 Å². The van der Waals surface area contributed by atoms with Crippen LogP contribution in [0.4, 0.5) is 0 Å². The van der Waals surface area contributed by atoms with E-state index in [-0.39, 0.29) is 9.41 Å². The summed E-state index contributed by atoms with van der Waals surface area (Å²) < 4.78 is 1.51.